The van der Waals surface area contributed by atoms with Gasteiger partial charge in [0.15, 0.2) is 0 Å². The predicted octanol–water partition coefficient (Wildman–Crippen LogP) is 3.18. The van der Waals surface area contributed by atoms with E-state index < -0.39 is 14.9 Å². The number of rotatable bonds is 7. The normalized spacial score (nSPS) is 14.9. The van der Waals surface area contributed by atoms with E-state index in [1.54, 1.807) is 0 Å². The highest BCUT2D eigenvalue weighted by molar-refractivity contribution is 7.89. The number of nitrogens with zero attached hydrogens (tertiary/aromatic N) is 2. The van der Waals surface area contributed by atoms with Gasteiger partial charge in [0.1, 0.15) is 0 Å². The molecule has 0 N–H and O–H groups in total. The van der Waals surface area contributed by atoms with E-state index in [0.717, 1.165) is 0 Å². The Hall–Kier alpha value is -1.47. The standard InChI is InChI=1S/C14H22N2O4S/c1-5-11(3)15(12(4)6-2)21(19,20)14-9-7-13(8-10-14)16(17)18/h7-12H,5-6H2,1-4H3/t11-,12-/m1/s1. The molecule has 7 heteroatoms. The van der Waals surface area contributed by atoms with Crippen LogP contribution in [0, 0.1) is 10.1 Å². The Kier molecular flexibility index (Phi) is 5.86. The Balaban J connectivity index is 3.25. The third kappa shape index (κ3) is 3.79. The largest absolute Gasteiger partial charge is 0.269 e. The summed E-state index contributed by atoms with van der Waals surface area (Å²) in [6.45, 7) is 7.61. The second kappa shape index (κ2) is 7.00. The van der Waals surface area contributed by atoms with Crippen LogP contribution >= 0.6 is 0 Å². The van der Waals surface area contributed by atoms with E-state index in [1.807, 2.05) is 27.7 Å². The molecule has 21 heavy (non-hydrogen) atoms. The molecular weight excluding hydrogens is 292 g/mol. The van der Waals surface area contributed by atoms with Gasteiger partial charge in [-0.2, -0.15) is 4.31 Å². The number of hydrogen-bond donors (Lipinski definition) is 0. The lowest BCUT2D eigenvalue weighted by atomic mass is 10.2. The average Bonchev–Trinajstić information content (AvgIpc) is 2.46. The first kappa shape index (κ1) is 17.6. The summed E-state index contributed by atoms with van der Waals surface area (Å²) in [5.74, 6) is 0. The van der Waals surface area contributed by atoms with Gasteiger partial charge < -0.3 is 0 Å². The maximum atomic E-state index is 12.8. The molecule has 0 heterocycles. The van der Waals surface area contributed by atoms with Crippen LogP contribution < -0.4 is 0 Å². The van der Waals surface area contributed by atoms with Crippen LogP contribution in [-0.4, -0.2) is 29.7 Å². The number of nitro groups is 1. The van der Waals surface area contributed by atoms with E-state index in [4.69, 9.17) is 0 Å². The number of hydrogen-bond acceptors (Lipinski definition) is 4. The molecule has 0 unspecified atom stereocenters. The van der Waals surface area contributed by atoms with Crippen LogP contribution in [0.1, 0.15) is 40.5 Å². The zero-order chi connectivity index (χ0) is 16.2. The van der Waals surface area contributed by atoms with Crippen molar-refractivity contribution in [3.63, 3.8) is 0 Å². The molecule has 1 rings (SSSR count). The zero-order valence-corrected chi connectivity index (χ0v) is 13.6. The van der Waals surface area contributed by atoms with Crippen LogP contribution in [0.15, 0.2) is 29.2 Å². The third-order valence-electron chi connectivity index (χ3n) is 3.67. The fourth-order valence-corrected chi connectivity index (χ4v) is 4.10. The van der Waals surface area contributed by atoms with Crippen molar-refractivity contribution in [1.82, 2.24) is 4.31 Å². The van der Waals surface area contributed by atoms with Crippen molar-refractivity contribution in [2.45, 2.75) is 57.5 Å². The summed E-state index contributed by atoms with van der Waals surface area (Å²) in [5, 5.41) is 10.7. The molecule has 0 bridgehead atoms. The first-order valence-electron chi connectivity index (χ1n) is 7.03. The molecule has 1 aromatic carbocycles. The molecule has 0 amide bonds. The summed E-state index contributed by atoms with van der Waals surface area (Å²) in [6.07, 6.45) is 1.41. The first-order chi connectivity index (χ1) is 9.75. The Morgan fingerprint density at radius 3 is 1.86 bits per heavy atom. The van der Waals surface area contributed by atoms with Gasteiger partial charge in [-0.15, -0.1) is 0 Å². The minimum atomic E-state index is -3.66. The Morgan fingerprint density at radius 2 is 1.52 bits per heavy atom. The van der Waals surface area contributed by atoms with E-state index in [2.05, 4.69) is 0 Å². The van der Waals surface area contributed by atoms with Crippen LogP contribution in [0.2, 0.25) is 0 Å². The fourth-order valence-electron chi connectivity index (χ4n) is 2.13. The highest BCUT2D eigenvalue weighted by atomic mass is 32.2. The summed E-state index contributed by atoms with van der Waals surface area (Å²) in [7, 11) is -3.66. The Morgan fingerprint density at radius 1 is 1.10 bits per heavy atom. The van der Waals surface area contributed by atoms with Crippen molar-refractivity contribution in [3.05, 3.63) is 34.4 Å². The molecule has 0 saturated carbocycles. The van der Waals surface area contributed by atoms with Crippen molar-refractivity contribution in [3.8, 4) is 0 Å². The van der Waals surface area contributed by atoms with E-state index >= 15 is 0 Å². The highest BCUT2D eigenvalue weighted by Crippen LogP contribution is 2.25. The van der Waals surface area contributed by atoms with Crippen LogP contribution in [0.5, 0.6) is 0 Å². The fraction of sp³-hybridized carbons (Fsp3) is 0.571. The lowest BCUT2D eigenvalue weighted by Gasteiger charge is -2.32. The summed E-state index contributed by atoms with van der Waals surface area (Å²) >= 11 is 0. The molecule has 0 saturated heterocycles. The van der Waals surface area contributed by atoms with Gasteiger partial charge in [-0.3, -0.25) is 10.1 Å². The van der Waals surface area contributed by atoms with Crippen LogP contribution in [0.4, 0.5) is 5.69 Å². The summed E-state index contributed by atoms with van der Waals surface area (Å²) in [5.41, 5.74) is -0.118. The maximum Gasteiger partial charge on any atom is 0.269 e. The monoisotopic (exact) mass is 314 g/mol. The van der Waals surface area contributed by atoms with Gasteiger partial charge in [-0.25, -0.2) is 8.42 Å². The van der Waals surface area contributed by atoms with Crippen molar-refractivity contribution < 1.29 is 13.3 Å². The minimum absolute atomic E-state index is 0.0914. The maximum absolute atomic E-state index is 12.8. The van der Waals surface area contributed by atoms with Gasteiger partial charge in [-0.05, 0) is 38.8 Å². The Bertz CT molecular complexity index is 573. The molecule has 1 aromatic rings. The van der Waals surface area contributed by atoms with Crippen molar-refractivity contribution >= 4 is 15.7 Å². The first-order valence-corrected chi connectivity index (χ1v) is 8.47. The highest BCUT2D eigenvalue weighted by Gasteiger charge is 2.32. The van der Waals surface area contributed by atoms with E-state index in [-0.39, 0.29) is 22.7 Å². The van der Waals surface area contributed by atoms with Crippen LogP contribution in [0.3, 0.4) is 0 Å². The number of nitro benzene ring substituents is 1. The molecule has 0 radical (unpaired) electrons. The average molecular weight is 314 g/mol. The lowest BCUT2D eigenvalue weighted by molar-refractivity contribution is -0.384. The second-order valence-electron chi connectivity index (χ2n) is 5.10. The summed E-state index contributed by atoms with van der Waals surface area (Å²) in [4.78, 5) is 10.2. The number of benzene rings is 1. The SMILES string of the molecule is CC[C@@H](C)N([C@H](C)CC)S(=O)(=O)c1ccc([N+](=O)[O-])cc1. The quantitative estimate of drug-likeness (QED) is 0.572. The van der Waals surface area contributed by atoms with Crippen LogP contribution in [0.25, 0.3) is 0 Å². The smallest absolute Gasteiger partial charge is 0.258 e. The Labute approximate surface area is 126 Å². The molecule has 0 fully saturated rings. The van der Waals surface area contributed by atoms with Gasteiger partial charge in [-0.1, -0.05) is 13.8 Å². The molecule has 0 aliphatic carbocycles. The molecule has 0 aliphatic rings. The van der Waals surface area contributed by atoms with Crippen molar-refractivity contribution in [2.24, 2.45) is 0 Å². The number of non-ortho nitro benzene ring substituents is 1. The summed E-state index contributed by atoms with van der Waals surface area (Å²) < 4.78 is 27.0. The molecule has 118 valence electrons. The minimum Gasteiger partial charge on any atom is -0.258 e. The molecule has 2 atom stereocenters. The van der Waals surface area contributed by atoms with Crippen LogP contribution in [-0.2, 0) is 10.0 Å². The van der Waals surface area contributed by atoms with E-state index in [9.17, 15) is 18.5 Å². The van der Waals surface area contributed by atoms with Gasteiger partial charge in [0.2, 0.25) is 10.0 Å². The molecule has 0 aromatic heterocycles. The van der Waals surface area contributed by atoms with E-state index in [0.29, 0.717) is 12.8 Å². The van der Waals surface area contributed by atoms with Gasteiger partial charge in [0, 0.05) is 24.2 Å². The summed E-state index contributed by atoms with van der Waals surface area (Å²) in [6, 6.07) is 4.79. The number of sulfonamides is 1. The molecular formula is C14H22N2O4S. The lowest BCUT2D eigenvalue weighted by Crippen LogP contribution is -2.44. The van der Waals surface area contributed by atoms with Crippen molar-refractivity contribution in [2.75, 3.05) is 0 Å². The third-order valence-corrected chi connectivity index (χ3v) is 5.82. The second-order valence-corrected chi connectivity index (χ2v) is 6.94. The predicted molar refractivity (Wildman–Crippen MR) is 81.6 cm³/mol. The van der Waals surface area contributed by atoms with Crippen molar-refractivity contribution in [1.29, 1.82) is 0 Å². The molecule has 0 spiro atoms. The van der Waals surface area contributed by atoms with Gasteiger partial charge in [0.25, 0.3) is 5.69 Å². The molecule has 6 nitrogen and oxygen atoms in total. The topological polar surface area (TPSA) is 80.5 Å². The van der Waals surface area contributed by atoms with Gasteiger partial charge in [0.05, 0.1) is 9.82 Å². The molecule has 0 aliphatic heterocycles. The van der Waals surface area contributed by atoms with Gasteiger partial charge >= 0.3 is 0 Å². The zero-order valence-electron chi connectivity index (χ0n) is 12.8. The van der Waals surface area contributed by atoms with E-state index in [1.165, 1.54) is 28.6 Å².